The Bertz CT molecular complexity index is 3480. The summed E-state index contributed by atoms with van der Waals surface area (Å²) < 4.78 is 39.7. The van der Waals surface area contributed by atoms with Crippen molar-refractivity contribution in [1.82, 2.24) is 4.90 Å². The van der Waals surface area contributed by atoms with Crippen LogP contribution in [-0.4, -0.2) is 35.2 Å². The molecule has 0 radical (unpaired) electrons. The van der Waals surface area contributed by atoms with Crippen molar-refractivity contribution in [3.8, 4) is 34.5 Å². The first-order chi connectivity index (χ1) is 43.0. The summed E-state index contributed by atoms with van der Waals surface area (Å²) in [5, 5.41) is 5.10. The van der Waals surface area contributed by atoms with E-state index in [1.165, 1.54) is 21.2 Å². The third kappa shape index (κ3) is 15.3. The first-order valence-electron chi connectivity index (χ1n) is 29.4. The first kappa shape index (κ1) is 58.0. The molecule has 11 aromatic carbocycles. The van der Waals surface area contributed by atoms with Gasteiger partial charge in [-0.2, -0.15) is 0 Å². The number of hydrogen-bond acceptors (Lipinski definition) is 7. The van der Waals surface area contributed by atoms with Crippen LogP contribution in [0, 0.1) is 0 Å². The monoisotopic (exact) mass is 1180 g/mol. The van der Waals surface area contributed by atoms with Crippen molar-refractivity contribution in [3.63, 3.8) is 0 Å². The van der Waals surface area contributed by atoms with E-state index >= 15 is 4.79 Å². The number of likely N-dealkylation sites (tertiary alicyclic amines) is 1. The largest absolute Gasteiger partial charge is 0.489 e. The third-order valence-electron chi connectivity index (χ3n) is 15.2. The van der Waals surface area contributed by atoms with Crippen molar-refractivity contribution in [2.24, 2.45) is 0 Å². The highest BCUT2D eigenvalue weighted by Gasteiger charge is 2.46. The van der Waals surface area contributed by atoms with Crippen LogP contribution in [0.3, 0.4) is 0 Å². The molecule has 1 aliphatic rings. The molecule has 11 aromatic rings. The molecular weight excluding hydrogens is 1110 g/mol. The lowest BCUT2D eigenvalue weighted by atomic mass is 10.1. The average Bonchev–Trinajstić information content (AvgIpc) is 2.80. The Hall–Kier alpha value is -9.45. The fraction of sp³-hybridized carbons (Fsp3) is 0.130. The molecule has 87 heavy (non-hydrogen) atoms. The molecule has 1 heterocycles. The number of carbonyl (C=O) groups excluding carboxylic acids is 1. The fourth-order valence-electron chi connectivity index (χ4n) is 11.0. The zero-order chi connectivity index (χ0) is 58.8. The molecule has 1 aliphatic heterocycles. The summed E-state index contributed by atoms with van der Waals surface area (Å²) in [6, 6.07) is 101. The van der Waals surface area contributed by atoms with E-state index in [1.54, 1.807) is 0 Å². The van der Waals surface area contributed by atoms with Crippen molar-refractivity contribution in [2.45, 2.75) is 51.0 Å². The van der Waals surface area contributed by atoms with Gasteiger partial charge in [0, 0.05) is 36.5 Å². The van der Waals surface area contributed by atoms with Crippen LogP contribution in [0.15, 0.2) is 297 Å². The van der Waals surface area contributed by atoms with E-state index in [2.05, 4.69) is 126 Å². The standard InChI is InChI=1S/C77H67NO7P2/c79-77(78-50-74(86(68-34-17-5-18-35-68)69-36-19-6-20-37-69)75(51-78)87(70-38-21-7-22-39-70)71-40-23-8-24-41-71)76-72(84-56-62-44-64(80-52-58-26-9-1-10-27-58)48-65(45-62)81-53-59-28-11-2-12-29-59)42-25-43-73(76)85-57-63-46-66(82-54-60-30-13-3-14-31-60)49-67(47-63)83-55-61-32-15-4-16-33-61/h1-49,74-75H,50-57H2/t74-,75-/m1/s1. The predicted molar refractivity (Wildman–Crippen MR) is 353 cm³/mol. The van der Waals surface area contributed by atoms with E-state index in [4.69, 9.17) is 28.4 Å². The molecule has 432 valence electrons. The second-order valence-corrected chi connectivity index (χ2v) is 26.2. The molecule has 0 aliphatic carbocycles. The SMILES string of the molecule is O=C(c1c(OCc2cc(OCc3ccccc3)cc(OCc3ccccc3)c2)cccc1OCc1cc(OCc2ccccc2)cc(OCc2ccccc2)c1)N1C[C@@H](P(c2ccccc2)c2ccccc2)[C@H](P(c2ccccc2)c2ccccc2)C1. The van der Waals surface area contributed by atoms with Gasteiger partial charge in [0.2, 0.25) is 0 Å². The predicted octanol–water partition coefficient (Wildman–Crippen LogP) is 15.6. The van der Waals surface area contributed by atoms with Crippen molar-refractivity contribution < 1.29 is 33.2 Å². The maximum absolute atomic E-state index is 16.4. The van der Waals surface area contributed by atoms with Crippen LogP contribution in [0.4, 0.5) is 0 Å². The molecule has 10 heteroatoms. The lowest BCUT2D eigenvalue weighted by Crippen LogP contribution is -2.34. The highest BCUT2D eigenvalue weighted by atomic mass is 31.1. The topological polar surface area (TPSA) is 75.7 Å². The Balaban J connectivity index is 0.921. The Morgan fingerprint density at radius 3 is 0.828 bits per heavy atom. The Morgan fingerprint density at radius 1 is 0.299 bits per heavy atom. The lowest BCUT2D eigenvalue weighted by molar-refractivity contribution is 0.0783. The maximum atomic E-state index is 16.4. The van der Waals surface area contributed by atoms with E-state index < -0.39 is 15.8 Å². The molecule has 1 amide bonds. The molecule has 0 saturated carbocycles. The number of nitrogens with zero attached hydrogens (tertiary/aromatic N) is 1. The van der Waals surface area contributed by atoms with E-state index in [0.717, 1.165) is 33.4 Å². The molecule has 1 fully saturated rings. The number of benzene rings is 11. The van der Waals surface area contributed by atoms with Gasteiger partial charge in [0.05, 0.1) is 0 Å². The molecular formula is C77H67NO7P2. The summed E-state index contributed by atoms with van der Waals surface area (Å²) in [5.74, 6) is 3.16. The van der Waals surface area contributed by atoms with Crippen LogP contribution < -0.4 is 49.6 Å². The second kappa shape index (κ2) is 29.1. The minimum atomic E-state index is -0.988. The van der Waals surface area contributed by atoms with Crippen LogP contribution >= 0.6 is 15.8 Å². The molecule has 0 aromatic heterocycles. The van der Waals surface area contributed by atoms with Gasteiger partial charge < -0.3 is 33.3 Å². The van der Waals surface area contributed by atoms with Gasteiger partial charge in [-0.25, -0.2) is 0 Å². The molecule has 0 unspecified atom stereocenters. The smallest absolute Gasteiger partial charge is 0.261 e. The molecule has 8 nitrogen and oxygen atoms in total. The number of carbonyl (C=O) groups is 1. The van der Waals surface area contributed by atoms with Gasteiger partial charge in [-0.05, 0) is 107 Å². The van der Waals surface area contributed by atoms with Crippen molar-refractivity contribution in [2.75, 3.05) is 13.1 Å². The molecule has 1 saturated heterocycles. The summed E-state index contributed by atoms with van der Waals surface area (Å²) >= 11 is 0. The van der Waals surface area contributed by atoms with Crippen LogP contribution in [-0.2, 0) is 39.6 Å². The van der Waals surface area contributed by atoms with Crippen LogP contribution in [0.2, 0.25) is 0 Å². The molecule has 0 spiro atoms. The normalized spacial score (nSPS) is 13.7. The first-order valence-corrected chi connectivity index (χ1v) is 32.3. The van der Waals surface area contributed by atoms with E-state index in [0.29, 0.717) is 79.6 Å². The Kier molecular flexibility index (Phi) is 19.4. The minimum absolute atomic E-state index is 0.0681. The highest BCUT2D eigenvalue weighted by Crippen LogP contribution is 2.55. The zero-order valence-electron chi connectivity index (χ0n) is 48.3. The molecule has 0 N–H and O–H groups in total. The quantitative estimate of drug-likeness (QED) is 0.0528. The van der Waals surface area contributed by atoms with E-state index in [1.807, 2.05) is 176 Å². The van der Waals surface area contributed by atoms with Gasteiger partial charge in [-0.1, -0.05) is 249 Å². The molecule has 0 bridgehead atoms. The number of ether oxygens (including phenoxy) is 6. The number of amides is 1. The molecule has 2 atom stereocenters. The molecule has 12 rings (SSSR count). The second-order valence-electron chi connectivity index (χ2n) is 21.4. The van der Waals surface area contributed by atoms with Gasteiger partial charge >= 0.3 is 0 Å². The van der Waals surface area contributed by atoms with Crippen LogP contribution in [0.1, 0.15) is 43.7 Å². The summed E-state index contributed by atoms with van der Waals surface area (Å²) in [6.45, 7) is 2.70. The highest BCUT2D eigenvalue weighted by molar-refractivity contribution is 7.77. The third-order valence-corrected chi connectivity index (χ3v) is 21.2. The Labute approximate surface area is 513 Å². The van der Waals surface area contributed by atoms with Crippen molar-refractivity contribution >= 4 is 43.0 Å². The summed E-state index contributed by atoms with van der Waals surface area (Å²) in [4.78, 5) is 18.5. The lowest BCUT2D eigenvalue weighted by Gasteiger charge is -2.34. The van der Waals surface area contributed by atoms with Crippen LogP contribution in [0.25, 0.3) is 0 Å². The fourth-order valence-corrected chi connectivity index (χ4v) is 17.5. The summed E-state index contributed by atoms with van der Waals surface area (Å²) in [6.07, 6.45) is 0. The van der Waals surface area contributed by atoms with Crippen LogP contribution in [0.5, 0.6) is 34.5 Å². The van der Waals surface area contributed by atoms with Gasteiger partial charge in [-0.3, -0.25) is 4.79 Å². The number of hydrogen-bond donors (Lipinski definition) is 0. The van der Waals surface area contributed by atoms with E-state index in [9.17, 15) is 0 Å². The van der Waals surface area contributed by atoms with Crippen molar-refractivity contribution in [1.29, 1.82) is 0 Å². The van der Waals surface area contributed by atoms with Gasteiger partial charge in [-0.15, -0.1) is 0 Å². The Morgan fingerprint density at radius 2 is 0.552 bits per heavy atom. The van der Waals surface area contributed by atoms with E-state index in [-0.39, 0.29) is 30.4 Å². The van der Waals surface area contributed by atoms with Gasteiger partial charge in [0.15, 0.2) is 0 Å². The zero-order valence-corrected chi connectivity index (χ0v) is 50.1. The van der Waals surface area contributed by atoms with Gasteiger partial charge in [0.25, 0.3) is 5.91 Å². The maximum Gasteiger partial charge on any atom is 0.261 e. The summed E-state index contributed by atoms with van der Waals surface area (Å²) in [5.41, 5.74) is 6.26. The average molecular weight is 1180 g/mol. The van der Waals surface area contributed by atoms with Gasteiger partial charge in [0.1, 0.15) is 79.7 Å². The summed E-state index contributed by atoms with van der Waals surface area (Å²) in [7, 11) is -1.98. The minimum Gasteiger partial charge on any atom is -0.489 e. The van der Waals surface area contributed by atoms with Crippen molar-refractivity contribution in [3.05, 3.63) is 336 Å². The number of rotatable bonds is 25.